The predicted octanol–water partition coefficient (Wildman–Crippen LogP) is 3.27. The fourth-order valence-electron chi connectivity index (χ4n) is 2.61. The number of amides is 1. The van der Waals surface area contributed by atoms with Crippen molar-refractivity contribution in [3.05, 3.63) is 53.7 Å². The molecule has 3 rings (SSSR count). The maximum atomic E-state index is 14.5. The lowest BCUT2D eigenvalue weighted by Gasteiger charge is -2.15. The van der Waals surface area contributed by atoms with Crippen LogP contribution in [0.5, 0.6) is 5.88 Å². The van der Waals surface area contributed by atoms with Crippen molar-refractivity contribution >= 4 is 28.3 Å². The third kappa shape index (κ3) is 3.63. The average molecular weight is 374 g/mol. The molecule has 3 N–H and O–H groups in total. The van der Waals surface area contributed by atoms with Gasteiger partial charge < -0.3 is 10.1 Å². The Hall–Kier alpha value is -3.33. The Morgan fingerprint density at radius 3 is 2.67 bits per heavy atom. The van der Waals surface area contributed by atoms with E-state index < -0.39 is 23.5 Å². The number of hydrogen-bond donors (Lipinski definition) is 3. The molecule has 27 heavy (non-hydrogen) atoms. The van der Waals surface area contributed by atoms with Crippen LogP contribution in [0.3, 0.4) is 0 Å². The van der Waals surface area contributed by atoms with E-state index in [0.29, 0.717) is 22.6 Å². The first-order valence-electron chi connectivity index (χ1n) is 7.94. The number of anilines is 2. The van der Waals surface area contributed by atoms with Gasteiger partial charge in [0.25, 0.3) is 5.91 Å². The second-order valence-corrected chi connectivity index (χ2v) is 5.76. The lowest BCUT2D eigenvalue weighted by atomic mass is 9.99. The van der Waals surface area contributed by atoms with Crippen LogP contribution >= 0.6 is 0 Å². The van der Waals surface area contributed by atoms with Gasteiger partial charge in [0.15, 0.2) is 5.65 Å². The molecule has 7 nitrogen and oxygen atoms in total. The Labute approximate surface area is 153 Å². The number of carbonyl (C=O) groups excluding carboxylic acids is 1. The van der Waals surface area contributed by atoms with E-state index in [0.717, 1.165) is 12.1 Å². The van der Waals surface area contributed by atoms with Crippen molar-refractivity contribution in [1.82, 2.24) is 15.4 Å². The molecular weight excluding hydrogens is 358 g/mol. The fourth-order valence-corrected chi connectivity index (χ4v) is 2.61. The zero-order chi connectivity index (χ0) is 19.6. The standard InChI is InChI=1S/C18H16F2N4O3/c1-9(18(25)24-26)11-7-13(20)15(8-12(11)19)22-14-5-6-21-17-10(14)3-4-16(23-17)27-2/h3-9,26H,1-2H3,(H,24,25)(H,21,22,23). The molecule has 0 saturated heterocycles. The summed E-state index contributed by atoms with van der Waals surface area (Å²) in [7, 11) is 1.48. The van der Waals surface area contributed by atoms with Crippen LogP contribution in [0.4, 0.5) is 20.2 Å². The molecular formula is C18H16F2N4O3. The van der Waals surface area contributed by atoms with Crippen molar-refractivity contribution in [3.63, 3.8) is 0 Å². The zero-order valence-electron chi connectivity index (χ0n) is 14.5. The molecule has 2 heterocycles. The molecule has 0 aliphatic rings. The highest BCUT2D eigenvalue weighted by Gasteiger charge is 2.21. The Morgan fingerprint density at radius 2 is 1.96 bits per heavy atom. The summed E-state index contributed by atoms with van der Waals surface area (Å²) in [5, 5.41) is 12.1. The molecule has 0 radical (unpaired) electrons. The highest BCUT2D eigenvalue weighted by Crippen LogP contribution is 2.30. The summed E-state index contributed by atoms with van der Waals surface area (Å²) in [4.78, 5) is 19.8. The van der Waals surface area contributed by atoms with Gasteiger partial charge in [0, 0.05) is 29.3 Å². The van der Waals surface area contributed by atoms with Crippen LogP contribution in [0, 0.1) is 11.6 Å². The van der Waals surface area contributed by atoms with E-state index in [1.807, 2.05) is 0 Å². The van der Waals surface area contributed by atoms with Crippen LogP contribution in [-0.4, -0.2) is 28.2 Å². The van der Waals surface area contributed by atoms with Crippen molar-refractivity contribution in [2.75, 3.05) is 12.4 Å². The van der Waals surface area contributed by atoms with Crippen LogP contribution in [-0.2, 0) is 4.79 Å². The molecule has 0 aliphatic carbocycles. The fraction of sp³-hybridized carbons (Fsp3) is 0.167. The average Bonchev–Trinajstić information content (AvgIpc) is 2.69. The van der Waals surface area contributed by atoms with Crippen LogP contribution in [0.25, 0.3) is 11.0 Å². The number of ether oxygens (including phenoxy) is 1. The summed E-state index contributed by atoms with van der Waals surface area (Å²) in [5.41, 5.74) is 1.99. The van der Waals surface area contributed by atoms with Gasteiger partial charge in [-0.15, -0.1) is 0 Å². The molecule has 1 amide bonds. The number of methoxy groups -OCH3 is 1. The van der Waals surface area contributed by atoms with Crippen LogP contribution < -0.4 is 15.5 Å². The Bertz CT molecular complexity index is 1010. The Kier molecular flexibility index (Phi) is 5.13. The van der Waals surface area contributed by atoms with E-state index in [1.165, 1.54) is 25.7 Å². The van der Waals surface area contributed by atoms with Crippen molar-refractivity contribution in [3.8, 4) is 5.88 Å². The summed E-state index contributed by atoms with van der Waals surface area (Å²) in [5.74, 6) is -3.06. The van der Waals surface area contributed by atoms with Gasteiger partial charge in [0.2, 0.25) is 5.88 Å². The van der Waals surface area contributed by atoms with Crippen molar-refractivity contribution < 1.29 is 23.5 Å². The summed E-state index contributed by atoms with van der Waals surface area (Å²) < 4.78 is 33.9. The number of nitrogens with one attached hydrogen (secondary N) is 2. The number of fused-ring (bicyclic) bond motifs is 1. The van der Waals surface area contributed by atoms with Gasteiger partial charge in [-0.1, -0.05) is 0 Å². The van der Waals surface area contributed by atoms with Crippen LogP contribution in [0.2, 0.25) is 0 Å². The van der Waals surface area contributed by atoms with Crippen LogP contribution in [0.1, 0.15) is 18.4 Å². The number of hydrogen-bond acceptors (Lipinski definition) is 6. The van der Waals surface area contributed by atoms with Crippen LogP contribution in [0.15, 0.2) is 36.5 Å². The number of halogens is 2. The molecule has 1 unspecified atom stereocenters. The van der Waals surface area contributed by atoms with Gasteiger partial charge in [0.1, 0.15) is 11.6 Å². The van der Waals surface area contributed by atoms with Gasteiger partial charge in [-0.3, -0.25) is 10.0 Å². The second kappa shape index (κ2) is 7.50. The topological polar surface area (TPSA) is 96.4 Å². The van der Waals surface area contributed by atoms with E-state index in [2.05, 4.69) is 15.3 Å². The lowest BCUT2D eigenvalue weighted by molar-refractivity contribution is -0.130. The normalized spacial score (nSPS) is 11.9. The minimum atomic E-state index is -1.06. The molecule has 0 bridgehead atoms. The third-order valence-electron chi connectivity index (χ3n) is 4.11. The monoisotopic (exact) mass is 374 g/mol. The highest BCUT2D eigenvalue weighted by atomic mass is 19.1. The molecule has 3 aromatic rings. The molecule has 9 heteroatoms. The van der Waals surface area contributed by atoms with E-state index >= 15 is 0 Å². The van der Waals surface area contributed by atoms with E-state index in [1.54, 1.807) is 18.2 Å². The van der Waals surface area contributed by atoms with Crippen molar-refractivity contribution in [1.29, 1.82) is 0 Å². The second-order valence-electron chi connectivity index (χ2n) is 5.76. The number of aromatic nitrogens is 2. The molecule has 0 spiro atoms. The minimum absolute atomic E-state index is 0.115. The number of pyridine rings is 2. The summed E-state index contributed by atoms with van der Waals surface area (Å²) in [6.07, 6.45) is 1.48. The van der Waals surface area contributed by atoms with Gasteiger partial charge >= 0.3 is 0 Å². The molecule has 0 aliphatic heterocycles. The summed E-state index contributed by atoms with van der Waals surface area (Å²) >= 11 is 0. The maximum absolute atomic E-state index is 14.5. The number of rotatable bonds is 5. The van der Waals surface area contributed by atoms with E-state index in [4.69, 9.17) is 9.94 Å². The zero-order valence-corrected chi connectivity index (χ0v) is 14.5. The lowest BCUT2D eigenvalue weighted by Crippen LogP contribution is -2.25. The van der Waals surface area contributed by atoms with Crippen molar-refractivity contribution in [2.24, 2.45) is 0 Å². The van der Waals surface area contributed by atoms with Gasteiger partial charge in [-0.25, -0.2) is 19.2 Å². The molecule has 1 aromatic carbocycles. The smallest absolute Gasteiger partial charge is 0.250 e. The van der Waals surface area contributed by atoms with Crippen molar-refractivity contribution in [2.45, 2.75) is 12.8 Å². The quantitative estimate of drug-likeness (QED) is 0.469. The molecule has 2 aromatic heterocycles. The largest absolute Gasteiger partial charge is 0.481 e. The molecule has 1 atom stereocenters. The molecule has 0 saturated carbocycles. The Morgan fingerprint density at radius 1 is 1.19 bits per heavy atom. The molecule has 0 fully saturated rings. The third-order valence-corrected chi connectivity index (χ3v) is 4.11. The Balaban J connectivity index is 1.98. The number of benzene rings is 1. The maximum Gasteiger partial charge on any atom is 0.250 e. The minimum Gasteiger partial charge on any atom is -0.481 e. The van der Waals surface area contributed by atoms with E-state index in [9.17, 15) is 13.6 Å². The van der Waals surface area contributed by atoms with Gasteiger partial charge in [-0.2, -0.15) is 4.98 Å². The summed E-state index contributed by atoms with van der Waals surface area (Å²) in [6.45, 7) is 1.35. The number of hydroxylamine groups is 1. The summed E-state index contributed by atoms with van der Waals surface area (Å²) in [6, 6.07) is 6.80. The SMILES string of the molecule is COc1ccc2c(Nc3cc(F)c(C(C)C(=O)NO)cc3F)ccnc2n1. The van der Waals surface area contributed by atoms with E-state index in [-0.39, 0.29) is 11.3 Å². The molecule has 140 valence electrons. The highest BCUT2D eigenvalue weighted by molar-refractivity contribution is 5.91. The first-order chi connectivity index (χ1) is 12.9. The first-order valence-corrected chi connectivity index (χ1v) is 7.94. The van der Waals surface area contributed by atoms with Gasteiger partial charge in [0.05, 0.1) is 24.4 Å². The number of carbonyl (C=O) groups is 1. The first kappa shape index (κ1) is 18.5. The number of nitrogens with zero attached hydrogens (tertiary/aromatic N) is 2. The van der Waals surface area contributed by atoms with Gasteiger partial charge in [-0.05, 0) is 25.1 Å². The predicted molar refractivity (Wildman–Crippen MR) is 94.1 cm³/mol.